The molecule has 9 heteroatoms. The van der Waals surface area contributed by atoms with E-state index < -0.39 is 10.0 Å². The molecule has 3 heterocycles. The van der Waals surface area contributed by atoms with Crippen molar-refractivity contribution in [2.45, 2.75) is 32.2 Å². The van der Waals surface area contributed by atoms with Crippen LogP contribution in [0.1, 0.15) is 46.2 Å². The van der Waals surface area contributed by atoms with Gasteiger partial charge in [0, 0.05) is 43.6 Å². The molecular weight excluding hydrogens is 366 g/mol. The zero-order valence-corrected chi connectivity index (χ0v) is 16.7. The Balaban J connectivity index is 1.66. The first-order valence-corrected chi connectivity index (χ1v) is 10.8. The molecule has 2 aromatic rings. The number of hydrogen-bond donors (Lipinski definition) is 1. The van der Waals surface area contributed by atoms with Gasteiger partial charge in [0.05, 0.1) is 24.1 Å². The maximum atomic E-state index is 12.6. The van der Waals surface area contributed by atoms with E-state index in [4.69, 9.17) is 0 Å². The van der Waals surface area contributed by atoms with Gasteiger partial charge < -0.3 is 4.90 Å². The smallest absolute Gasteiger partial charge is 0.255 e. The summed E-state index contributed by atoms with van der Waals surface area (Å²) < 4.78 is 25.1. The van der Waals surface area contributed by atoms with Crippen LogP contribution in [0.2, 0.25) is 0 Å². The summed E-state index contributed by atoms with van der Waals surface area (Å²) in [6, 6.07) is 5.49. The average Bonchev–Trinajstić information content (AvgIpc) is 3.05. The standard InChI is InChI=1S/C18H25N5O3S/c1-13-9-16(21-20-13)12-22(2)18(24)14-6-7-17(19-10-14)15-5-4-8-23(11-15)27(3,25)26/h6-7,9-10,15H,4-5,8,11-12H2,1-3H3,(H,20,21)/t15-/m1/s1. The number of aromatic nitrogens is 3. The molecule has 3 rings (SSSR count). The number of pyridine rings is 1. The first-order valence-electron chi connectivity index (χ1n) is 8.91. The summed E-state index contributed by atoms with van der Waals surface area (Å²) in [6.45, 7) is 3.33. The van der Waals surface area contributed by atoms with E-state index in [1.165, 1.54) is 10.6 Å². The summed E-state index contributed by atoms with van der Waals surface area (Å²) in [7, 11) is -1.46. The SMILES string of the molecule is Cc1cc(CN(C)C(=O)c2ccc([C@@H]3CCCN(S(C)(=O)=O)C3)nc2)n[nH]1. The van der Waals surface area contributed by atoms with Crippen LogP contribution in [0.25, 0.3) is 0 Å². The van der Waals surface area contributed by atoms with Crippen molar-refractivity contribution >= 4 is 15.9 Å². The fourth-order valence-corrected chi connectivity index (χ4v) is 4.26. The zero-order valence-electron chi connectivity index (χ0n) is 15.8. The number of aromatic amines is 1. The fourth-order valence-electron chi connectivity index (χ4n) is 3.35. The van der Waals surface area contributed by atoms with E-state index in [0.717, 1.165) is 29.9 Å². The highest BCUT2D eigenvalue weighted by Crippen LogP contribution is 2.27. The zero-order chi connectivity index (χ0) is 19.6. The van der Waals surface area contributed by atoms with E-state index in [9.17, 15) is 13.2 Å². The highest BCUT2D eigenvalue weighted by molar-refractivity contribution is 7.88. The van der Waals surface area contributed by atoms with Crippen LogP contribution < -0.4 is 0 Å². The molecule has 8 nitrogen and oxygen atoms in total. The highest BCUT2D eigenvalue weighted by atomic mass is 32.2. The van der Waals surface area contributed by atoms with Gasteiger partial charge in [-0.05, 0) is 38.0 Å². The second-order valence-electron chi connectivity index (χ2n) is 7.14. The Hall–Kier alpha value is -2.26. The summed E-state index contributed by atoms with van der Waals surface area (Å²) in [5.74, 6) is -0.0708. The number of nitrogens with zero attached hydrogens (tertiary/aromatic N) is 4. The van der Waals surface area contributed by atoms with Crippen molar-refractivity contribution in [1.82, 2.24) is 24.4 Å². The van der Waals surface area contributed by atoms with E-state index in [1.807, 2.05) is 19.1 Å². The number of hydrogen-bond acceptors (Lipinski definition) is 5. The van der Waals surface area contributed by atoms with Crippen molar-refractivity contribution < 1.29 is 13.2 Å². The Kier molecular flexibility index (Phi) is 5.61. The maximum Gasteiger partial charge on any atom is 0.255 e. The lowest BCUT2D eigenvalue weighted by Gasteiger charge is -2.30. The molecule has 1 atom stereocenters. The van der Waals surface area contributed by atoms with Crippen molar-refractivity contribution in [3.05, 3.63) is 47.0 Å². The second kappa shape index (κ2) is 7.77. The summed E-state index contributed by atoms with van der Waals surface area (Å²) in [4.78, 5) is 18.6. The highest BCUT2D eigenvalue weighted by Gasteiger charge is 2.27. The van der Waals surface area contributed by atoms with Crippen molar-refractivity contribution in [2.24, 2.45) is 0 Å². The van der Waals surface area contributed by atoms with Crippen LogP contribution in [-0.4, -0.2) is 65.1 Å². The summed E-state index contributed by atoms with van der Waals surface area (Å²) in [5.41, 5.74) is 3.08. The molecule has 0 bridgehead atoms. The second-order valence-corrected chi connectivity index (χ2v) is 9.12. The number of piperidine rings is 1. The summed E-state index contributed by atoms with van der Waals surface area (Å²) >= 11 is 0. The Bertz CT molecular complexity index is 907. The lowest BCUT2D eigenvalue weighted by molar-refractivity contribution is 0.0783. The van der Waals surface area contributed by atoms with Crippen LogP contribution in [0.4, 0.5) is 0 Å². The minimum absolute atomic E-state index is 0.0578. The van der Waals surface area contributed by atoms with E-state index >= 15 is 0 Å². The van der Waals surface area contributed by atoms with Crippen LogP contribution in [-0.2, 0) is 16.6 Å². The molecule has 0 aliphatic carbocycles. The molecule has 2 aromatic heterocycles. The van der Waals surface area contributed by atoms with Gasteiger partial charge in [0.1, 0.15) is 0 Å². The molecule has 1 fully saturated rings. The predicted octanol–water partition coefficient (Wildman–Crippen LogP) is 1.52. The normalized spacial score (nSPS) is 18.4. The molecule has 0 aromatic carbocycles. The maximum absolute atomic E-state index is 12.6. The molecular formula is C18H25N5O3S. The van der Waals surface area contributed by atoms with Crippen molar-refractivity contribution in [3.8, 4) is 0 Å². The van der Waals surface area contributed by atoms with Gasteiger partial charge >= 0.3 is 0 Å². The predicted molar refractivity (Wildman–Crippen MR) is 102 cm³/mol. The third kappa shape index (κ3) is 4.72. The Morgan fingerprint density at radius 2 is 2.19 bits per heavy atom. The summed E-state index contributed by atoms with van der Waals surface area (Å²) in [6.07, 6.45) is 4.52. The van der Waals surface area contributed by atoms with Crippen LogP contribution in [0.5, 0.6) is 0 Å². The van der Waals surface area contributed by atoms with Crippen LogP contribution in [0.3, 0.4) is 0 Å². The lowest BCUT2D eigenvalue weighted by Crippen LogP contribution is -2.38. The first-order chi connectivity index (χ1) is 12.7. The van der Waals surface area contributed by atoms with Crippen LogP contribution in [0, 0.1) is 6.92 Å². The topological polar surface area (TPSA) is 99.3 Å². The minimum atomic E-state index is -3.19. The van der Waals surface area contributed by atoms with Gasteiger partial charge in [0.15, 0.2) is 0 Å². The van der Waals surface area contributed by atoms with Crippen LogP contribution >= 0.6 is 0 Å². The van der Waals surface area contributed by atoms with Gasteiger partial charge in [-0.2, -0.15) is 5.10 Å². The van der Waals surface area contributed by atoms with Gasteiger partial charge in [-0.3, -0.25) is 14.9 Å². The Morgan fingerprint density at radius 3 is 2.78 bits per heavy atom. The van der Waals surface area contributed by atoms with E-state index in [0.29, 0.717) is 25.2 Å². The van der Waals surface area contributed by atoms with Gasteiger partial charge in [-0.1, -0.05) is 0 Å². The minimum Gasteiger partial charge on any atom is -0.336 e. The Morgan fingerprint density at radius 1 is 1.41 bits per heavy atom. The molecule has 0 radical (unpaired) electrons. The molecule has 27 heavy (non-hydrogen) atoms. The first kappa shape index (κ1) is 19.5. The molecule has 1 N–H and O–H groups in total. The quantitative estimate of drug-likeness (QED) is 0.833. The van der Waals surface area contributed by atoms with Crippen molar-refractivity contribution in [3.63, 3.8) is 0 Å². The largest absolute Gasteiger partial charge is 0.336 e. The summed E-state index contributed by atoms with van der Waals surface area (Å²) in [5, 5.41) is 7.01. The third-order valence-corrected chi connectivity index (χ3v) is 6.08. The van der Waals surface area contributed by atoms with E-state index in [2.05, 4.69) is 15.2 Å². The molecule has 1 amide bonds. The molecule has 0 spiro atoms. The van der Waals surface area contributed by atoms with Crippen LogP contribution in [0.15, 0.2) is 24.4 Å². The number of carbonyl (C=O) groups is 1. The third-order valence-electron chi connectivity index (χ3n) is 4.81. The Labute approximate surface area is 159 Å². The van der Waals surface area contributed by atoms with E-state index in [1.54, 1.807) is 24.2 Å². The number of sulfonamides is 1. The molecule has 1 aliphatic rings. The molecule has 1 aliphatic heterocycles. The molecule has 0 saturated carbocycles. The average molecular weight is 391 g/mol. The molecule has 146 valence electrons. The molecule has 1 saturated heterocycles. The van der Waals surface area contributed by atoms with Crippen molar-refractivity contribution in [2.75, 3.05) is 26.4 Å². The lowest BCUT2D eigenvalue weighted by atomic mass is 9.95. The number of H-pyrrole nitrogens is 1. The van der Waals surface area contributed by atoms with Gasteiger partial charge in [0.2, 0.25) is 10.0 Å². The number of rotatable bonds is 5. The van der Waals surface area contributed by atoms with Gasteiger partial charge in [-0.15, -0.1) is 0 Å². The van der Waals surface area contributed by atoms with E-state index in [-0.39, 0.29) is 11.8 Å². The van der Waals surface area contributed by atoms with Crippen molar-refractivity contribution in [1.29, 1.82) is 0 Å². The van der Waals surface area contributed by atoms with Gasteiger partial charge in [-0.25, -0.2) is 12.7 Å². The monoisotopic (exact) mass is 391 g/mol. The van der Waals surface area contributed by atoms with Gasteiger partial charge in [0.25, 0.3) is 5.91 Å². The number of aryl methyl sites for hydroxylation is 1. The number of carbonyl (C=O) groups excluding carboxylic acids is 1. The fraction of sp³-hybridized carbons (Fsp3) is 0.500. The molecule has 0 unspecified atom stereocenters. The number of amides is 1. The number of nitrogens with one attached hydrogen (secondary N) is 1.